The summed E-state index contributed by atoms with van der Waals surface area (Å²) in [6.07, 6.45) is 16.6. The Kier molecular flexibility index (Phi) is 6.41. The van der Waals surface area contributed by atoms with Crippen LogP contribution in [0.15, 0.2) is 66.8 Å². The van der Waals surface area contributed by atoms with Crippen LogP contribution in [-0.4, -0.2) is 27.1 Å². The maximum absolute atomic E-state index is 10.2. The Morgan fingerprint density at radius 1 is 1.12 bits per heavy atom. The number of fused-ring (bicyclic) bond motifs is 2. The van der Waals surface area contributed by atoms with E-state index in [-0.39, 0.29) is 17.0 Å². The first-order chi connectivity index (χ1) is 20.8. The molecule has 43 heavy (non-hydrogen) atoms. The lowest BCUT2D eigenvalue weighted by atomic mass is 9.96. The molecule has 3 heterocycles. The Bertz CT molecular complexity index is 1840. The minimum Gasteiger partial charge on any atom is -0.383 e. The summed E-state index contributed by atoms with van der Waals surface area (Å²) >= 11 is 0. The molecule has 0 bridgehead atoms. The number of nitriles is 1. The topological polar surface area (TPSA) is 101 Å². The molecule has 0 saturated heterocycles. The molecule has 0 radical (unpaired) electrons. The van der Waals surface area contributed by atoms with Crippen LogP contribution in [0.1, 0.15) is 69.2 Å². The Morgan fingerprint density at radius 2 is 1.95 bits per heavy atom. The molecule has 2 saturated carbocycles. The van der Waals surface area contributed by atoms with E-state index in [1.54, 1.807) is 6.20 Å². The van der Waals surface area contributed by atoms with E-state index in [2.05, 4.69) is 93.7 Å². The van der Waals surface area contributed by atoms with Crippen LogP contribution in [0.25, 0.3) is 21.8 Å². The summed E-state index contributed by atoms with van der Waals surface area (Å²) in [6, 6.07) is 16.4. The number of benzene rings is 2. The van der Waals surface area contributed by atoms with Gasteiger partial charge in [0, 0.05) is 41.6 Å². The van der Waals surface area contributed by atoms with Crippen molar-refractivity contribution < 1.29 is 0 Å². The second-order valence-electron chi connectivity index (χ2n) is 13.2. The van der Waals surface area contributed by atoms with E-state index in [4.69, 9.17) is 6.42 Å². The van der Waals surface area contributed by atoms with Crippen molar-refractivity contribution in [1.82, 2.24) is 25.9 Å². The van der Waals surface area contributed by atoms with E-state index in [1.165, 1.54) is 25.7 Å². The predicted octanol–water partition coefficient (Wildman–Crippen LogP) is 6.36. The van der Waals surface area contributed by atoms with Gasteiger partial charge in [0.15, 0.2) is 0 Å². The molecule has 8 heteroatoms. The van der Waals surface area contributed by atoms with Gasteiger partial charge in [-0.3, -0.25) is 15.0 Å². The SMILES string of the molecule is C#Cc1cnc2c(C#N)cc(N[C@H](C3=CN(C4(C5CC5)CC4)NN3)c3cccc4ncccc34)cc2c1NCC(C)(C)C. The van der Waals surface area contributed by atoms with E-state index < -0.39 is 0 Å². The number of nitrogens with one attached hydrogen (secondary N) is 4. The van der Waals surface area contributed by atoms with Crippen molar-refractivity contribution in [2.45, 2.75) is 58.0 Å². The van der Waals surface area contributed by atoms with Crippen LogP contribution in [0.4, 0.5) is 11.4 Å². The van der Waals surface area contributed by atoms with Crippen molar-refractivity contribution in [3.8, 4) is 18.4 Å². The van der Waals surface area contributed by atoms with Crippen LogP contribution in [-0.2, 0) is 0 Å². The van der Waals surface area contributed by atoms with Gasteiger partial charge in [0.05, 0.1) is 45.1 Å². The third-order valence-corrected chi connectivity index (χ3v) is 8.82. The standard InChI is InChI=1S/C35H36N8/c1-5-22-19-38-32-23(18-36)16-25(17-28(32)31(22)39-21-34(2,3)4)40-33(27-8-6-10-29-26(27)9-7-15-37-29)30-20-43(42-41-30)35(13-14-35)24-11-12-24/h1,6-10,15-17,19-20,24,33,40-42H,11-14,21H2,2-4H3,(H,38,39)/t33-/m0/s1. The highest BCUT2D eigenvalue weighted by Gasteiger charge is 2.58. The first-order valence-corrected chi connectivity index (χ1v) is 15.0. The van der Waals surface area contributed by atoms with E-state index >= 15 is 0 Å². The molecule has 7 rings (SSSR count). The molecule has 4 aromatic rings. The summed E-state index contributed by atoms with van der Waals surface area (Å²) in [5, 5.41) is 21.7. The number of hydrogen-bond donors (Lipinski definition) is 4. The number of aromatic nitrogens is 2. The molecule has 1 aliphatic heterocycles. The van der Waals surface area contributed by atoms with Crippen molar-refractivity contribution in [1.29, 1.82) is 5.26 Å². The first kappa shape index (κ1) is 27.1. The maximum atomic E-state index is 10.2. The molecule has 2 aliphatic carbocycles. The average molecular weight is 569 g/mol. The number of rotatable bonds is 8. The lowest BCUT2D eigenvalue weighted by Gasteiger charge is -2.26. The average Bonchev–Trinajstić information content (AvgIpc) is 3.95. The monoisotopic (exact) mass is 568 g/mol. The fourth-order valence-electron chi connectivity index (χ4n) is 6.30. The highest BCUT2D eigenvalue weighted by molar-refractivity contribution is 5.99. The van der Waals surface area contributed by atoms with E-state index in [0.29, 0.717) is 23.2 Å². The lowest BCUT2D eigenvalue weighted by molar-refractivity contribution is 0.156. The van der Waals surface area contributed by atoms with Crippen LogP contribution < -0.4 is 21.6 Å². The smallest absolute Gasteiger partial charge is 0.102 e. The number of nitrogens with zero attached hydrogens (tertiary/aromatic N) is 4. The van der Waals surface area contributed by atoms with Crippen LogP contribution in [0.5, 0.6) is 0 Å². The van der Waals surface area contributed by atoms with Gasteiger partial charge in [-0.25, -0.2) is 0 Å². The molecule has 0 spiro atoms. The van der Waals surface area contributed by atoms with Crippen molar-refractivity contribution in [3.05, 3.63) is 83.4 Å². The van der Waals surface area contributed by atoms with E-state index in [0.717, 1.165) is 44.8 Å². The lowest BCUT2D eigenvalue weighted by Crippen LogP contribution is -2.46. The Morgan fingerprint density at radius 3 is 2.67 bits per heavy atom. The highest BCUT2D eigenvalue weighted by atomic mass is 15.7. The van der Waals surface area contributed by atoms with Crippen LogP contribution in [0, 0.1) is 35.0 Å². The van der Waals surface area contributed by atoms with Gasteiger partial charge in [-0.05, 0) is 66.8 Å². The fraction of sp³-hybridized carbons (Fsp3) is 0.343. The van der Waals surface area contributed by atoms with Gasteiger partial charge >= 0.3 is 0 Å². The van der Waals surface area contributed by atoms with E-state index in [9.17, 15) is 5.26 Å². The predicted molar refractivity (Wildman–Crippen MR) is 171 cm³/mol. The molecule has 4 N–H and O–H groups in total. The summed E-state index contributed by atoms with van der Waals surface area (Å²) in [5.74, 6) is 3.53. The van der Waals surface area contributed by atoms with Gasteiger partial charge in [-0.15, -0.1) is 12.0 Å². The number of anilines is 2. The molecular formula is C35H36N8. The molecule has 0 unspecified atom stereocenters. The Hall–Kier alpha value is -4.79. The van der Waals surface area contributed by atoms with Crippen molar-refractivity contribution in [3.63, 3.8) is 0 Å². The third-order valence-electron chi connectivity index (χ3n) is 8.82. The third kappa shape index (κ3) is 4.98. The van der Waals surface area contributed by atoms with Gasteiger partial charge in [-0.2, -0.15) is 5.26 Å². The van der Waals surface area contributed by atoms with Crippen LogP contribution in [0.2, 0.25) is 0 Å². The summed E-state index contributed by atoms with van der Waals surface area (Å²) in [6.45, 7) is 7.23. The van der Waals surface area contributed by atoms with Gasteiger partial charge in [0.25, 0.3) is 0 Å². The number of pyridine rings is 2. The summed E-state index contributed by atoms with van der Waals surface area (Å²) in [5.41, 5.74) is 13.6. The van der Waals surface area contributed by atoms with Crippen molar-refractivity contribution in [2.75, 3.05) is 17.2 Å². The van der Waals surface area contributed by atoms with E-state index in [1.807, 2.05) is 30.5 Å². The largest absolute Gasteiger partial charge is 0.383 e. The molecule has 8 nitrogen and oxygen atoms in total. The molecule has 2 aromatic carbocycles. The minimum absolute atomic E-state index is 0.0295. The number of hydrogen-bond acceptors (Lipinski definition) is 8. The molecule has 3 aliphatic rings. The first-order valence-electron chi connectivity index (χ1n) is 15.0. The van der Waals surface area contributed by atoms with Gasteiger partial charge in [0.1, 0.15) is 6.07 Å². The molecule has 1 atom stereocenters. The number of terminal acetylenes is 1. The van der Waals surface area contributed by atoms with Gasteiger partial charge in [0.2, 0.25) is 0 Å². The quantitative estimate of drug-likeness (QED) is 0.182. The number of hydrazine groups is 2. The molecular weight excluding hydrogens is 532 g/mol. The van der Waals surface area contributed by atoms with Gasteiger partial charge < -0.3 is 16.1 Å². The normalized spacial score (nSPS) is 18.0. The molecule has 2 aromatic heterocycles. The fourth-order valence-corrected chi connectivity index (χ4v) is 6.30. The zero-order valence-electron chi connectivity index (χ0n) is 24.8. The van der Waals surface area contributed by atoms with Crippen LogP contribution in [0.3, 0.4) is 0 Å². The second kappa shape index (κ2) is 10.2. The van der Waals surface area contributed by atoms with Crippen molar-refractivity contribution >= 4 is 33.2 Å². The molecule has 216 valence electrons. The summed E-state index contributed by atoms with van der Waals surface area (Å²) in [7, 11) is 0. The molecule has 0 amide bonds. The second-order valence-corrected chi connectivity index (χ2v) is 13.2. The summed E-state index contributed by atoms with van der Waals surface area (Å²) in [4.78, 5) is 9.23. The van der Waals surface area contributed by atoms with Crippen LogP contribution >= 0.6 is 0 Å². The summed E-state index contributed by atoms with van der Waals surface area (Å²) < 4.78 is 0. The van der Waals surface area contributed by atoms with Crippen molar-refractivity contribution in [2.24, 2.45) is 11.3 Å². The maximum Gasteiger partial charge on any atom is 0.102 e. The zero-order chi connectivity index (χ0) is 29.8. The Balaban J connectivity index is 1.34. The minimum atomic E-state index is -0.251. The molecule has 2 fully saturated rings. The zero-order valence-corrected chi connectivity index (χ0v) is 24.8. The van der Waals surface area contributed by atoms with Gasteiger partial charge in [-0.1, -0.05) is 44.9 Å². The Labute approximate surface area is 252 Å². The highest BCUT2D eigenvalue weighted by Crippen LogP contribution is 2.57.